The molecule has 0 aliphatic rings. The smallest absolute Gasteiger partial charge is 0.315 e. The fraction of sp³-hybridized carbons (Fsp3) is 0.429. The molecule has 1 aromatic heterocycles. The molecule has 0 aliphatic carbocycles. The number of hydrogen-bond acceptors (Lipinski definition) is 4. The molecule has 0 unspecified atom stereocenters. The van der Waals surface area contributed by atoms with Crippen LogP contribution in [0.3, 0.4) is 0 Å². The molecule has 0 atom stereocenters. The predicted octanol–water partition coefficient (Wildman–Crippen LogP) is 3.32. The second-order valence-corrected chi connectivity index (χ2v) is 6.21. The van der Waals surface area contributed by atoms with Gasteiger partial charge in [-0.3, -0.25) is 4.90 Å². The molecule has 0 saturated heterocycles. The van der Waals surface area contributed by atoms with Crippen LogP contribution in [0.4, 0.5) is 4.79 Å². The van der Waals surface area contributed by atoms with Crippen molar-refractivity contribution in [2.75, 3.05) is 19.7 Å². The quantitative estimate of drug-likeness (QED) is 0.673. The Hall–Kier alpha value is -2.60. The normalized spacial score (nSPS) is 10.7. The molecule has 27 heavy (non-hydrogen) atoms. The van der Waals surface area contributed by atoms with Crippen LogP contribution in [0.2, 0.25) is 0 Å². The number of aromatic nitrogens is 1. The molecular formula is C21H30N4O2. The molecule has 0 spiro atoms. The molecule has 2 rings (SSSR count). The van der Waals surface area contributed by atoms with E-state index in [1.165, 1.54) is 5.56 Å². The number of ether oxygens (including phenoxy) is 1. The van der Waals surface area contributed by atoms with E-state index in [0.717, 1.165) is 30.8 Å². The Morgan fingerprint density at radius 2 is 1.67 bits per heavy atom. The molecule has 0 radical (unpaired) electrons. The molecule has 0 bridgehead atoms. The minimum Gasteiger partial charge on any atom is -0.478 e. The Bertz CT molecular complexity index is 700. The number of amides is 2. The van der Waals surface area contributed by atoms with Gasteiger partial charge in [0.15, 0.2) is 0 Å². The van der Waals surface area contributed by atoms with Crippen LogP contribution in [0, 0.1) is 0 Å². The average Bonchev–Trinajstić information content (AvgIpc) is 2.71. The van der Waals surface area contributed by atoms with Gasteiger partial charge in [0.1, 0.15) is 0 Å². The summed E-state index contributed by atoms with van der Waals surface area (Å²) in [5, 5.41) is 5.73. The molecule has 6 nitrogen and oxygen atoms in total. The van der Waals surface area contributed by atoms with Crippen molar-refractivity contribution in [1.29, 1.82) is 0 Å². The zero-order valence-corrected chi connectivity index (χ0v) is 16.5. The SMILES string of the molecule is CCOc1ncccc1CNC(=O)NCc1ccc(CN(CC)CC)cc1. The lowest BCUT2D eigenvalue weighted by molar-refractivity contribution is 0.240. The van der Waals surface area contributed by atoms with E-state index in [4.69, 9.17) is 4.74 Å². The van der Waals surface area contributed by atoms with E-state index in [1.54, 1.807) is 6.20 Å². The van der Waals surface area contributed by atoms with Gasteiger partial charge >= 0.3 is 6.03 Å². The van der Waals surface area contributed by atoms with Gasteiger partial charge in [-0.2, -0.15) is 0 Å². The highest BCUT2D eigenvalue weighted by Gasteiger charge is 2.07. The Kier molecular flexibility index (Phi) is 8.58. The molecule has 6 heteroatoms. The second kappa shape index (κ2) is 11.2. The first-order valence-electron chi connectivity index (χ1n) is 9.54. The van der Waals surface area contributed by atoms with Gasteiger partial charge in [0.2, 0.25) is 5.88 Å². The maximum absolute atomic E-state index is 12.1. The van der Waals surface area contributed by atoms with E-state index in [9.17, 15) is 4.79 Å². The van der Waals surface area contributed by atoms with Gasteiger partial charge < -0.3 is 15.4 Å². The average molecular weight is 370 g/mol. The molecule has 146 valence electrons. The maximum Gasteiger partial charge on any atom is 0.315 e. The minimum atomic E-state index is -0.214. The van der Waals surface area contributed by atoms with Crippen molar-refractivity contribution in [2.45, 2.75) is 40.4 Å². The molecule has 0 aliphatic heterocycles. The number of pyridine rings is 1. The summed E-state index contributed by atoms with van der Waals surface area (Å²) in [5.74, 6) is 0.559. The second-order valence-electron chi connectivity index (χ2n) is 6.21. The lowest BCUT2D eigenvalue weighted by Crippen LogP contribution is -2.34. The summed E-state index contributed by atoms with van der Waals surface area (Å²) in [6.45, 7) is 10.7. The fourth-order valence-electron chi connectivity index (χ4n) is 2.71. The van der Waals surface area contributed by atoms with Gasteiger partial charge in [-0.25, -0.2) is 9.78 Å². The third kappa shape index (κ3) is 6.90. The van der Waals surface area contributed by atoms with Crippen molar-refractivity contribution in [3.05, 3.63) is 59.3 Å². The van der Waals surface area contributed by atoms with Crippen molar-refractivity contribution in [1.82, 2.24) is 20.5 Å². The number of carbonyl (C=O) groups excluding carboxylic acids is 1. The van der Waals surface area contributed by atoms with Crippen LogP contribution in [0.1, 0.15) is 37.5 Å². The zero-order valence-electron chi connectivity index (χ0n) is 16.5. The number of nitrogens with one attached hydrogen (secondary N) is 2. The van der Waals surface area contributed by atoms with Gasteiger partial charge in [-0.05, 0) is 37.2 Å². The topological polar surface area (TPSA) is 66.5 Å². The highest BCUT2D eigenvalue weighted by Crippen LogP contribution is 2.13. The summed E-state index contributed by atoms with van der Waals surface area (Å²) in [5.41, 5.74) is 3.21. The van der Waals surface area contributed by atoms with Crippen LogP contribution in [0.25, 0.3) is 0 Å². The van der Waals surface area contributed by atoms with Gasteiger partial charge in [-0.1, -0.05) is 44.2 Å². The monoisotopic (exact) mass is 370 g/mol. The van der Waals surface area contributed by atoms with Crippen molar-refractivity contribution in [2.24, 2.45) is 0 Å². The molecule has 1 heterocycles. The van der Waals surface area contributed by atoms with Gasteiger partial charge in [0, 0.05) is 31.4 Å². The van der Waals surface area contributed by atoms with E-state index in [1.807, 2.05) is 19.1 Å². The van der Waals surface area contributed by atoms with Crippen LogP contribution < -0.4 is 15.4 Å². The number of carbonyl (C=O) groups is 1. The van der Waals surface area contributed by atoms with E-state index >= 15 is 0 Å². The Balaban J connectivity index is 1.78. The third-order valence-corrected chi connectivity index (χ3v) is 4.35. The van der Waals surface area contributed by atoms with Crippen LogP contribution >= 0.6 is 0 Å². The minimum absolute atomic E-state index is 0.214. The van der Waals surface area contributed by atoms with Crippen LogP contribution in [-0.4, -0.2) is 35.6 Å². The maximum atomic E-state index is 12.1. The van der Waals surface area contributed by atoms with Crippen molar-refractivity contribution >= 4 is 6.03 Å². The highest BCUT2D eigenvalue weighted by atomic mass is 16.5. The fourth-order valence-corrected chi connectivity index (χ4v) is 2.71. The molecule has 2 aromatic rings. The molecule has 2 amide bonds. The largest absolute Gasteiger partial charge is 0.478 e. The summed E-state index contributed by atoms with van der Waals surface area (Å²) in [7, 11) is 0. The number of benzene rings is 1. The first kappa shape index (κ1) is 20.7. The molecule has 1 aromatic carbocycles. The number of urea groups is 1. The van der Waals surface area contributed by atoms with Crippen molar-refractivity contribution in [3.8, 4) is 5.88 Å². The van der Waals surface area contributed by atoms with E-state index in [-0.39, 0.29) is 6.03 Å². The molecular weight excluding hydrogens is 340 g/mol. The summed E-state index contributed by atoms with van der Waals surface area (Å²) >= 11 is 0. The molecule has 0 saturated carbocycles. The first-order valence-corrected chi connectivity index (χ1v) is 9.54. The Morgan fingerprint density at radius 1 is 1.00 bits per heavy atom. The number of hydrogen-bond donors (Lipinski definition) is 2. The lowest BCUT2D eigenvalue weighted by Gasteiger charge is -2.18. The molecule has 2 N–H and O–H groups in total. The van der Waals surface area contributed by atoms with Crippen molar-refractivity contribution in [3.63, 3.8) is 0 Å². The highest BCUT2D eigenvalue weighted by molar-refractivity contribution is 5.73. The van der Waals surface area contributed by atoms with Gasteiger partial charge in [0.25, 0.3) is 0 Å². The number of nitrogens with zero attached hydrogens (tertiary/aromatic N) is 2. The summed E-state index contributed by atoms with van der Waals surface area (Å²) in [6.07, 6.45) is 1.68. The zero-order chi connectivity index (χ0) is 19.5. The van der Waals surface area contributed by atoms with Crippen molar-refractivity contribution < 1.29 is 9.53 Å². The Morgan fingerprint density at radius 3 is 2.33 bits per heavy atom. The lowest BCUT2D eigenvalue weighted by atomic mass is 10.1. The first-order chi connectivity index (χ1) is 13.2. The van der Waals surface area contributed by atoms with E-state index in [0.29, 0.717) is 25.6 Å². The standard InChI is InChI=1S/C21H30N4O2/c1-4-25(5-2)16-18-11-9-17(10-12-18)14-23-21(26)24-15-19-8-7-13-22-20(19)27-6-3/h7-13H,4-6,14-16H2,1-3H3,(H2,23,24,26). The summed E-state index contributed by atoms with van der Waals surface area (Å²) in [4.78, 5) is 18.6. The van der Waals surface area contributed by atoms with Gasteiger partial charge in [0.05, 0.1) is 6.61 Å². The van der Waals surface area contributed by atoms with E-state index < -0.39 is 0 Å². The molecule has 0 fully saturated rings. The summed E-state index contributed by atoms with van der Waals surface area (Å²) in [6, 6.07) is 11.9. The van der Waals surface area contributed by atoms with Gasteiger partial charge in [-0.15, -0.1) is 0 Å². The third-order valence-electron chi connectivity index (χ3n) is 4.35. The van der Waals surface area contributed by atoms with Crippen LogP contribution in [0.15, 0.2) is 42.6 Å². The van der Waals surface area contributed by atoms with E-state index in [2.05, 4.69) is 58.6 Å². The predicted molar refractivity (Wildman–Crippen MR) is 108 cm³/mol. The summed E-state index contributed by atoms with van der Waals surface area (Å²) < 4.78 is 5.47. The Labute approximate surface area is 161 Å². The number of rotatable bonds is 10. The van der Waals surface area contributed by atoms with Crippen LogP contribution in [0.5, 0.6) is 5.88 Å². The van der Waals surface area contributed by atoms with Crippen LogP contribution in [-0.2, 0) is 19.6 Å².